The van der Waals surface area contributed by atoms with Gasteiger partial charge in [-0.1, -0.05) is 29.1 Å². The first kappa shape index (κ1) is 19.8. The predicted octanol–water partition coefficient (Wildman–Crippen LogP) is 3.05. The molecule has 28 heavy (non-hydrogen) atoms. The Kier molecular flexibility index (Phi) is 5.66. The van der Waals surface area contributed by atoms with Gasteiger partial charge in [-0.2, -0.15) is 0 Å². The number of ether oxygens (including phenoxy) is 2. The molecule has 7 nitrogen and oxygen atoms in total. The molecule has 0 amide bonds. The second kappa shape index (κ2) is 7.98. The summed E-state index contributed by atoms with van der Waals surface area (Å²) in [6, 6.07) is 4.42. The van der Waals surface area contributed by atoms with Crippen molar-refractivity contribution in [3.63, 3.8) is 0 Å². The van der Waals surface area contributed by atoms with E-state index in [4.69, 9.17) is 39.1 Å². The molecular weight excluding hydrogens is 407 g/mol. The summed E-state index contributed by atoms with van der Waals surface area (Å²) in [5.41, 5.74) is -0.698. The molecule has 0 atom stereocenters. The SMILES string of the molecule is C#CCn1c(=O)c(-c2c(Cl)ccc(Cl)c2OCO)c(O)c2c(OC)ccnc21. The molecule has 0 aliphatic carbocycles. The number of aliphatic hydroxyl groups is 1. The highest BCUT2D eigenvalue weighted by Gasteiger charge is 2.26. The van der Waals surface area contributed by atoms with Crippen LogP contribution in [-0.2, 0) is 6.54 Å². The third kappa shape index (κ3) is 3.12. The zero-order valence-corrected chi connectivity index (χ0v) is 16.1. The first-order valence-electron chi connectivity index (χ1n) is 7.90. The van der Waals surface area contributed by atoms with E-state index in [2.05, 4.69) is 10.9 Å². The van der Waals surface area contributed by atoms with Crippen molar-refractivity contribution in [3.05, 3.63) is 44.8 Å². The summed E-state index contributed by atoms with van der Waals surface area (Å²) in [6.45, 7) is -0.831. The number of terminal acetylenes is 1. The highest BCUT2D eigenvalue weighted by atomic mass is 35.5. The van der Waals surface area contributed by atoms with Crippen LogP contribution in [0.15, 0.2) is 29.2 Å². The molecular formula is C19H14Cl2N2O5. The molecule has 9 heteroatoms. The number of methoxy groups -OCH3 is 1. The second-order valence-corrected chi connectivity index (χ2v) is 6.35. The van der Waals surface area contributed by atoms with Crippen LogP contribution in [-0.4, -0.2) is 33.7 Å². The van der Waals surface area contributed by atoms with E-state index in [9.17, 15) is 15.0 Å². The fraction of sp³-hybridized carbons (Fsp3) is 0.158. The van der Waals surface area contributed by atoms with Gasteiger partial charge in [0.15, 0.2) is 18.2 Å². The summed E-state index contributed by atoms with van der Waals surface area (Å²) < 4.78 is 11.7. The molecule has 1 aromatic carbocycles. The van der Waals surface area contributed by atoms with E-state index in [1.54, 1.807) is 0 Å². The highest BCUT2D eigenvalue weighted by Crippen LogP contribution is 2.46. The van der Waals surface area contributed by atoms with Gasteiger partial charge in [0.1, 0.15) is 16.9 Å². The Hall–Kier alpha value is -2.92. The van der Waals surface area contributed by atoms with Crippen LogP contribution in [0.25, 0.3) is 22.2 Å². The van der Waals surface area contributed by atoms with Gasteiger partial charge in [0.25, 0.3) is 5.56 Å². The number of benzene rings is 1. The van der Waals surface area contributed by atoms with E-state index in [1.807, 2.05) is 0 Å². The molecule has 3 aromatic rings. The van der Waals surface area contributed by atoms with Crippen molar-refractivity contribution in [2.45, 2.75) is 6.54 Å². The van der Waals surface area contributed by atoms with Crippen LogP contribution in [0.1, 0.15) is 0 Å². The van der Waals surface area contributed by atoms with Gasteiger partial charge in [0.05, 0.1) is 34.8 Å². The van der Waals surface area contributed by atoms with Crippen LogP contribution in [0.2, 0.25) is 10.0 Å². The number of aromatic nitrogens is 2. The van der Waals surface area contributed by atoms with Gasteiger partial charge in [-0.25, -0.2) is 4.98 Å². The van der Waals surface area contributed by atoms with Gasteiger partial charge >= 0.3 is 0 Å². The lowest BCUT2D eigenvalue weighted by atomic mass is 10.0. The number of aliphatic hydroxyl groups excluding tert-OH is 1. The van der Waals surface area contributed by atoms with Gasteiger partial charge in [-0.3, -0.25) is 9.36 Å². The van der Waals surface area contributed by atoms with E-state index in [0.29, 0.717) is 0 Å². The van der Waals surface area contributed by atoms with Crippen molar-refractivity contribution in [2.75, 3.05) is 13.9 Å². The van der Waals surface area contributed by atoms with Gasteiger partial charge in [0.2, 0.25) is 0 Å². The molecule has 0 bridgehead atoms. The molecule has 2 heterocycles. The lowest BCUT2D eigenvalue weighted by Crippen LogP contribution is -2.23. The number of rotatable bonds is 5. The largest absolute Gasteiger partial charge is 0.506 e. The minimum absolute atomic E-state index is 0.0179. The van der Waals surface area contributed by atoms with E-state index in [1.165, 1.54) is 36.1 Å². The zero-order chi connectivity index (χ0) is 20.4. The number of halogens is 2. The minimum atomic E-state index is -0.717. The molecule has 2 N–H and O–H groups in total. The first-order chi connectivity index (χ1) is 13.5. The van der Waals surface area contributed by atoms with E-state index >= 15 is 0 Å². The third-order valence-electron chi connectivity index (χ3n) is 4.07. The van der Waals surface area contributed by atoms with Crippen LogP contribution >= 0.6 is 23.2 Å². The number of hydrogen-bond donors (Lipinski definition) is 2. The molecule has 144 valence electrons. The summed E-state index contributed by atoms with van der Waals surface area (Å²) in [5, 5.41) is 20.5. The molecule has 2 aromatic heterocycles. The Morgan fingerprint density at radius 3 is 2.61 bits per heavy atom. The Bertz CT molecular complexity index is 1170. The Morgan fingerprint density at radius 2 is 1.96 bits per heavy atom. The fourth-order valence-corrected chi connectivity index (χ4v) is 3.38. The van der Waals surface area contributed by atoms with Gasteiger partial charge in [-0.05, 0) is 18.2 Å². The lowest BCUT2D eigenvalue weighted by molar-refractivity contribution is 0.0991. The van der Waals surface area contributed by atoms with Crippen LogP contribution in [0, 0.1) is 12.3 Å². The van der Waals surface area contributed by atoms with Crippen molar-refractivity contribution < 1.29 is 19.7 Å². The van der Waals surface area contributed by atoms with Crippen molar-refractivity contribution in [2.24, 2.45) is 0 Å². The molecule has 0 unspecified atom stereocenters. The molecule has 0 fully saturated rings. The summed E-state index contributed by atoms with van der Waals surface area (Å²) in [7, 11) is 1.41. The maximum Gasteiger partial charge on any atom is 0.264 e. The number of hydrogen-bond acceptors (Lipinski definition) is 6. The van der Waals surface area contributed by atoms with Crippen molar-refractivity contribution in [1.82, 2.24) is 9.55 Å². The quantitative estimate of drug-likeness (QED) is 0.486. The van der Waals surface area contributed by atoms with E-state index < -0.39 is 18.1 Å². The summed E-state index contributed by atoms with van der Waals surface area (Å²) in [5.74, 6) is 2.18. The lowest BCUT2D eigenvalue weighted by Gasteiger charge is -2.18. The van der Waals surface area contributed by atoms with E-state index in [-0.39, 0.29) is 50.2 Å². The number of nitrogens with zero attached hydrogens (tertiary/aromatic N) is 2. The first-order valence-corrected chi connectivity index (χ1v) is 8.65. The highest BCUT2D eigenvalue weighted by molar-refractivity contribution is 6.37. The van der Waals surface area contributed by atoms with Crippen molar-refractivity contribution in [3.8, 4) is 40.7 Å². The average molecular weight is 421 g/mol. The minimum Gasteiger partial charge on any atom is -0.506 e. The maximum atomic E-state index is 13.2. The fourth-order valence-electron chi connectivity index (χ4n) is 2.92. The Morgan fingerprint density at radius 1 is 1.25 bits per heavy atom. The Balaban J connectivity index is 2.56. The van der Waals surface area contributed by atoms with Gasteiger partial charge in [-0.15, -0.1) is 6.42 Å². The average Bonchev–Trinajstić information content (AvgIpc) is 2.69. The number of aromatic hydroxyl groups is 1. The monoisotopic (exact) mass is 420 g/mol. The molecule has 0 saturated carbocycles. The second-order valence-electron chi connectivity index (χ2n) is 5.54. The van der Waals surface area contributed by atoms with Crippen molar-refractivity contribution in [1.29, 1.82) is 0 Å². The number of fused-ring (bicyclic) bond motifs is 1. The van der Waals surface area contributed by atoms with Crippen LogP contribution in [0.4, 0.5) is 0 Å². The summed E-state index contributed by atoms with van der Waals surface area (Å²) in [4.78, 5) is 17.4. The standard InChI is InChI=1S/C19H14Cl2N2O5/c1-3-8-23-18-14(12(27-2)6-7-22-18)16(25)15(19(23)26)13-10(20)4-5-11(21)17(13)28-9-24/h1,4-7,24-25H,8-9H2,2H3. The van der Waals surface area contributed by atoms with Gasteiger partial charge < -0.3 is 19.7 Å². The Labute approximate surface area is 169 Å². The topological polar surface area (TPSA) is 93.8 Å². The molecule has 0 saturated heterocycles. The molecule has 0 radical (unpaired) electrons. The summed E-state index contributed by atoms with van der Waals surface area (Å²) in [6.07, 6.45) is 6.84. The molecule has 0 aliphatic heterocycles. The smallest absolute Gasteiger partial charge is 0.264 e. The van der Waals surface area contributed by atoms with E-state index in [0.717, 1.165) is 0 Å². The molecule has 3 rings (SSSR count). The van der Waals surface area contributed by atoms with Crippen LogP contribution < -0.4 is 15.0 Å². The maximum absolute atomic E-state index is 13.2. The van der Waals surface area contributed by atoms with Crippen LogP contribution in [0.5, 0.6) is 17.2 Å². The number of pyridine rings is 2. The van der Waals surface area contributed by atoms with Gasteiger partial charge in [0, 0.05) is 6.20 Å². The predicted molar refractivity (Wildman–Crippen MR) is 106 cm³/mol. The molecule has 0 aliphatic rings. The van der Waals surface area contributed by atoms with Crippen molar-refractivity contribution >= 4 is 34.2 Å². The summed E-state index contributed by atoms with van der Waals surface area (Å²) >= 11 is 12.5. The third-order valence-corrected chi connectivity index (χ3v) is 4.68. The van der Waals surface area contributed by atoms with Crippen LogP contribution in [0.3, 0.4) is 0 Å². The normalized spacial score (nSPS) is 10.7. The molecule has 0 spiro atoms. The zero-order valence-electron chi connectivity index (χ0n) is 14.6.